The maximum Gasteiger partial charge on any atom is 0.0906 e. The van der Waals surface area contributed by atoms with Crippen LogP contribution in [0.2, 0.25) is 0 Å². The Labute approximate surface area is 69.9 Å². The molecule has 0 bridgehead atoms. The molecule has 66 valence electrons. The van der Waals surface area contributed by atoms with E-state index < -0.39 is 7.14 Å². The molecule has 0 N–H and O–H groups in total. The van der Waals surface area contributed by atoms with E-state index in [1.54, 1.807) is 0 Å². The first-order valence-corrected chi connectivity index (χ1v) is 6.95. The first-order valence-electron chi connectivity index (χ1n) is 4.80. The Balaban J connectivity index is 2.60. The fraction of sp³-hybridized carbons (Fsp3) is 1.00. The van der Waals surface area contributed by atoms with Crippen LogP contribution in [-0.2, 0) is 4.57 Å². The highest BCUT2D eigenvalue weighted by atomic mass is 31.2. The monoisotopic (exact) mass is 174 g/mol. The van der Waals surface area contributed by atoms with Crippen LogP contribution in [0.4, 0.5) is 0 Å². The van der Waals surface area contributed by atoms with E-state index >= 15 is 0 Å². The summed E-state index contributed by atoms with van der Waals surface area (Å²) in [4.78, 5) is 0. The second-order valence-electron chi connectivity index (χ2n) is 3.60. The van der Waals surface area contributed by atoms with Crippen molar-refractivity contribution in [1.82, 2.24) is 0 Å². The van der Waals surface area contributed by atoms with Crippen molar-refractivity contribution in [3.63, 3.8) is 0 Å². The fourth-order valence-corrected chi connectivity index (χ4v) is 5.97. The molecule has 0 spiro atoms. The van der Waals surface area contributed by atoms with Gasteiger partial charge in [0.15, 0.2) is 0 Å². The van der Waals surface area contributed by atoms with Crippen LogP contribution < -0.4 is 0 Å². The van der Waals surface area contributed by atoms with Gasteiger partial charge in [0.2, 0.25) is 0 Å². The van der Waals surface area contributed by atoms with Gasteiger partial charge in [-0.2, -0.15) is 0 Å². The van der Waals surface area contributed by atoms with Crippen molar-refractivity contribution in [3.05, 3.63) is 0 Å². The minimum absolute atomic E-state index is 0.586. The third-order valence-electron chi connectivity index (χ3n) is 2.81. The van der Waals surface area contributed by atoms with Crippen LogP contribution in [0.15, 0.2) is 0 Å². The number of hydrogen-bond donors (Lipinski definition) is 0. The molecular weight excluding hydrogens is 155 g/mol. The molecule has 1 aliphatic heterocycles. The van der Waals surface area contributed by atoms with E-state index in [0.717, 1.165) is 25.2 Å². The molecule has 0 amide bonds. The van der Waals surface area contributed by atoms with E-state index in [-0.39, 0.29) is 0 Å². The third kappa shape index (κ3) is 1.87. The molecule has 2 unspecified atom stereocenters. The van der Waals surface area contributed by atoms with Gasteiger partial charge in [-0.25, -0.2) is 0 Å². The van der Waals surface area contributed by atoms with Gasteiger partial charge in [0.25, 0.3) is 0 Å². The zero-order valence-electron chi connectivity index (χ0n) is 7.68. The Kier molecular flexibility index (Phi) is 3.18. The summed E-state index contributed by atoms with van der Waals surface area (Å²) < 4.78 is 12.2. The van der Waals surface area contributed by atoms with Gasteiger partial charge >= 0.3 is 0 Å². The Morgan fingerprint density at radius 1 is 1.45 bits per heavy atom. The largest absolute Gasteiger partial charge is 0.323 e. The molecule has 11 heavy (non-hydrogen) atoms. The van der Waals surface area contributed by atoms with Gasteiger partial charge in [-0.3, -0.25) is 0 Å². The molecule has 0 aromatic carbocycles. The molecule has 1 fully saturated rings. The van der Waals surface area contributed by atoms with Crippen LogP contribution in [0.1, 0.15) is 39.5 Å². The van der Waals surface area contributed by atoms with E-state index in [1.165, 1.54) is 12.8 Å². The second kappa shape index (κ2) is 3.76. The van der Waals surface area contributed by atoms with Crippen molar-refractivity contribution < 1.29 is 4.57 Å². The molecule has 2 heteroatoms. The summed E-state index contributed by atoms with van der Waals surface area (Å²) >= 11 is 0. The van der Waals surface area contributed by atoms with Crippen LogP contribution in [0.5, 0.6) is 0 Å². The average Bonchev–Trinajstić information content (AvgIpc) is 2.31. The van der Waals surface area contributed by atoms with Gasteiger partial charge in [0.05, 0.1) is 7.14 Å². The number of hydrogen-bond acceptors (Lipinski definition) is 1. The van der Waals surface area contributed by atoms with Gasteiger partial charge in [0.1, 0.15) is 0 Å². The molecule has 1 aliphatic rings. The predicted molar refractivity (Wildman–Crippen MR) is 50.9 cm³/mol. The van der Waals surface area contributed by atoms with E-state index in [1.807, 2.05) is 0 Å². The van der Waals surface area contributed by atoms with Crippen molar-refractivity contribution in [1.29, 1.82) is 0 Å². The fourth-order valence-electron chi connectivity index (χ4n) is 2.22. The molecule has 0 aliphatic carbocycles. The number of rotatable bonds is 3. The topological polar surface area (TPSA) is 17.1 Å². The van der Waals surface area contributed by atoms with Crippen molar-refractivity contribution in [2.45, 2.75) is 45.2 Å². The van der Waals surface area contributed by atoms with Gasteiger partial charge in [-0.05, 0) is 25.7 Å². The SMILES string of the molecule is CCCP1(=O)CCCC1CC. The summed E-state index contributed by atoms with van der Waals surface area (Å²) in [5.41, 5.74) is 0.586. The van der Waals surface area contributed by atoms with Crippen molar-refractivity contribution in [3.8, 4) is 0 Å². The quantitative estimate of drug-likeness (QED) is 0.600. The van der Waals surface area contributed by atoms with Crippen molar-refractivity contribution in [2.24, 2.45) is 0 Å². The van der Waals surface area contributed by atoms with Gasteiger partial charge in [-0.1, -0.05) is 13.8 Å². The lowest BCUT2D eigenvalue weighted by Crippen LogP contribution is -2.03. The summed E-state index contributed by atoms with van der Waals surface area (Å²) in [5.74, 6) is 0. The van der Waals surface area contributed by atoms with Crippen LogP contribution in [0, 0.1) is 0 Å². The Hall–Kier alpha value is 0.230. The summed E-state index contributed by atoms with van der Waals surface area (Å²) in [6.45, 7) is 4.32. The predicted octanol–water partition coefficient (Wildman–Crippen LogP) is 3.33. The van der Waals surface area contributed by atoms with Crippen LogP contribution in [0.25, 0.3) is 0 Å². The lowest BCUT2D eigenvalue weighted by molar-refractivity contribution is 0.567. The Bertz CT molecular complexity index is 165. The van der Waals surface area contributed by atoms with Crippen LogP contribution in [0.3, 0.4) is 0 Å². The zero-order chi connectivity index (χ0) is 8.32. The standard InChI is InChI=1S/C9H19OP/c1-3-7-11(10)8-5-6-9(11)4-2/h9H,3-8H2,1-2H3. The molecule has 2 atom stereocenters. The van der Waals surface area contributed by atoms with E-state index in [2.05, 4.69) is 13.8 Å². The highest BCUT2D eigenvalue weighted by Crippen LogP contribution is 2.59. The van der Waals surface area contributed by atoms with E-state index in [0.29, 0.717) is 5.66 Å². The molecule has 0 aromatic heterocycles. The third-order valence-corrected chi connectivity index (χ3v) is 7.04. The summed E-state index contributed by atoms with van der Waals surface area (Å²) in [5, 5.41) is 0. The van der Waals surface area contributed by atoms with Crippen molar-refractivity contribution >= 4 is 7.14 Å². The Morgan fingerprint density at radius 2 is 2.18 bits per heavy atom. The molecule has 1 heterocycles. The summed E-state index contributed by atoms with van der Waals surface area (Å²) in [6, 6.07) is 0. The van der Waals surface area contributed by atoms with Gasteiger partial charge in [0, 0.05) is 18.0 Å². The molecule has 0 aromatic rings. The molecule has 1 nitrogen and oxygen atoms in total. The second-order valence-corrected chi connectivity index (χ2v) is 7.13. The highest BCUT2D eigenvalue weighted by molar-refractivity contribution is 7.64. The first-order chi connectivity index (χ1) is 5.23. The smallest absolute Gasteiger partial charge is 0.0906 e. The lowest BCUT2D eigenvalue weighted by atomic mass is 10.2. The minimum Gasteiger partial charge on any atom is -0.323 e. The summed E-state index contributed by atoms with van der Waals surface area (Å²) in [6.07, 6.45) is 6.74. The molecular formula is C9H19OP. The molecule has 0 radical (unpaired) electrons. The minimum atomic E-state index is -1.68. The van der Waals surface area contributed by atoms with Crippen LogP contribution >= 0.6 is 7.14 Å². The Morgan fingerprint density at radius 3 is 2.73 bits per heavy atom. The molecule has 1 rings (SSSR count). The highest BCUT2D eigenvalue weighted by Gasteiger charge is 2.35. The molecule has 1 saturated heterocycles. The van der Waals surface area contributed by atoms with Crippen LogP contribution in [-0.4, -0.2) is 18.0 Å². The lowest BCUT2D eigenvalue weighted by Gasteiger charge is -2.17. The maximum absolute atomic E-state index is 12.2. The average molecular weight is 174 g/mol. The van der Waals surface area contributed by atoms with Gasteiger partial charge < -0.3 is 4.57 Å². The van der Waals surface area contributed by atoms with Gasteiger partial charge in [-0.15, -0.1) is 0 Å². The first kappa shape index (κ1) is 9.32. The zero-order valence-corrected chi connectivity index (χ0v) is 8.57. The normalized spacial score (nSPS) is 37.8. The van der Waals surface area contributed by atoms with E-state index in [9.17, 15) is 4.57 Å². The summed E-state index contributed by atoms with van der Waals surface area (Å²) in [7, 11) is -1.68. The van der Waals surface area contributed by atoms with E-state index in [4.69, 9.17) is 0 Å². The van der Waals surface area contributed by atoms with Crippen molar-refractivity contribution in [2.75, 3.05) is 12.3 Å². The maximum atomic E-state index is 12.2. The molecule has 0 saturated carbocycles.